The van der Waals surface area contributed by atoms with Crippen LogP contribution in [0.1, 0.15) is 38.2 Å². The Labute approximate surface area is 193 Å². The number of nitrogens with one attached hydrogen (secondary N) is 2. The molecule has 172 valence electrons. The van der Waals surface area contributed by atoms with Crippen LogP contribution in [0.15, 0.2) is 46.7 Å². The van der Waals surface area contributed by atoms with Crippen molar-refractivity contribution in [3.8, 4) is 11.5 Å². The Morgan fingerprint density at radius 1 is 1.12 bits per heavy atom. The number of rotatable bonds is 11. The SMILES string of the molecule is CCCC[C@@H](Nc1nc(NCc2ccc(OC)cc2OC)nc2cccnc12)C1=NN=CC1. The normalized spacial score (nSPS) is 13.6. The fourth-order valence-corrected chi connectivity index (χ4v) is 3.72. The minimum absolute atomic E-state index is 0.0436. The van der Waals surface area contributed by atoms with Crippen molar-refractivity contribution >= 4 is 34.7 Å². The zero-order valence-corrected chi connectivity index (χ0v) is 19.2. The summed E-state index contributed by atoms with van der Waals surface area (Å²) in [6.07, 6.45) is 7.47. The van der Waals surface area contributed by atoms with Crippen molar-refractivity contribution in [1.29, 1.82) is 0 Å². The highest BCUT2D eigenvalue weighted by Gasteiger charge is 2.20. The van der Waals surface area contributed by atoms with Crippen LogP contribution in [-0.2, 0) is 6.54 Å². The van der Waals surface area contributed by atoms with E-state index in [0.717, 1.165) is 59.5 Å². The molecule has 4 rings (SSSR count). The highest BCUT2D eigenvalue weighted by Crippen LogP contribution is 2.26. The van der Waals surface area contributed by atoms with E-state index in [2.05, 4.69) is 37.7 Å². The fourth-order valence-electron chi connectivity index (χ4n) is 3.72. The molecule has 0 saturated carbocycles. The van der Waals surface area contributed by atoms with Crippen LogP contribution in [0.25, 0.3) is 11.0 Å². The zero-order valence-electron chi connectivity index (χ0n) is 19.2. The lowest BCUT2D eigenvalue weighted by Gasteiger charge is -2.20. The molecule has 2 aromatic heterocycles. The summed E-state index contributed by atoms with van der Waals surface area (Å²) >= 11 is 0. The third kappa shape index (κ3) is 5.36. The van der Waals surface area contributed by atoms with Crippen LogP contribution < -0.4 is 20.1 Å². The molecule has 0 saturated heterocycles. The Bertz CT molecular complexity index is 1160. The summed E-state index contributed by atoms with van der Waals surface area (Å²) < 4.78 is 10.8. The summed E-state index contributed by atoms with van der Waals surface area (Å²) in [5.74, 6) is 2.67. The molecule has 0 bridgehead atoms. The van der Waals surface area contributed by atoms with E-state index >= 15 is 0 Å². The molecule has 9 nitrogen and oxygen atoms in total. The topological polar surface area (TPSA) is 106 Å². The quantitative estimate of drug-likeness (QED) is 0.447. The molecule has 1 aliphatic heterocycles. The van der Waals surface area contributed by atoms with E-state index in [1.807, 2.05) is 36.5 Å². The Balaban J connectivity index is 1.60. The molecular weight excluding hydrogens is 418 g/mol. The van der Waals surface area contributed by atoms with Crippen LogP contribution in [0.5, 0.6) is 11.5 Å². The van der Waals surface area contributed by atoms with Crippen LogP contribution in [-0.4, -0.2) is 47.1 Å². The maximum absolute atomic E-state index is 5.51. The Kier molecular flexibility index (Phi) is 7.29. The summed E-state index contributed by atoms with van der Waals surface area (Å²) in [6, 6.07) is 9.58. The summed E-state index contributed by atoms with van der Waals surface area (Å²) in [6.45, 7) is 2.68. The zero-order chi connectivity index (χ0) is 23.0. The number of anilines is 2. The molecule has 0 fully saturated rings. The van der Waals surface area contributed by atoms with Gasteiger partial charge in [-0.05, 0) is 30.7 Å². The second-order valence-corrected chi connectivity index (χ2v) is 7.73. The van der Waals surface area contributed by atoms with Gasteiger partial charge in [-0.1, -0.05) is 19.8 Å². The molecule has 3 aromatic rings. The smallest absolute Gasteiger partial charge is 0.225 e. The molecule has 3 heterocycles. The Morgan fingerprint density at radius 3 is 2.79 bits per heavy atom. The van der Waals surface area contributed by atoms with E-state index in [-0.39, 0.29) is 6.04 Å². The van der Waals surface area contributed by atoms with E-state index in [1.165, 1.54) is 0 Å². The van der Waals surface area contributed by atoms with Crippen molar-refractivity contribution in [2.24, 2.45) is 10.2 Å². The lowest BCUT2D eigenvalue weighted by molar-refractivity contribution is 0.391. The number of unbranched alkanes of at least 4 members (excludes halogenated alkanes) is 1. The lowest BCUT2D eigenvalue weighted by atomic mass is 10.0. The predicted molar refractivity (Wildman–Crippen MR) is 132 cm³/mol. The first kappa shape index (κ1) is 22.4. The molecule has 2 N–H and O–H groups in total. The summed E-state index contributed by atoms with van der Waals surface area (Å²) in [4.78, 5) is 14.0. The molecule has 0 aliphatic carbocycles. The molecular formula is C24H29N7O2. The molecule has 33 heavy (non-hydrogen) atoms. The first-order chi connectivity index (χ1) is 16.2. The fraction of sp³-hybridized carbons (Fsp3) is 0.375. The van der Waals surface area contributed by atoms with E-state index < -0.39 is 0 Å². The lowest BCUT2D eigenvalue weighted by Crippen LogP contribution is -2.29. The number of hydrogen-bond donors (Lipinski definition) is 2. The first-order valence-electron chi connectivity index (χ1n) is 11.1. The van der Waals surface area contributed by atoms with Crippen LogP contribution in [0.2, 0.25) is 0 Å². The van der Waals surface area contributed by atoms with Crippen molar-refractivity contribution in [3.63, 3.8) is 0 Å². The molecule has 0 unspecified atom stereocenters. The predicted octanol–water partition coefficient (Wildman–Crippen LogP) is 4.46. The van der Waals surface area contributed by atoms with Gasteiger partial charge in [0.05, 0.1) is 31.5 Å². The Morgan fingerprint density at radius 2 is 2.03 bits per heavy atom. The van der Waals surface area contributed by atoms with Gasteiger partial charge in [0.2, 0.25) is 5.95 Å². The minimum atomic E-state index is 0.0436. The molecule has 9 heteroatoms. The van der Waals surface area contributed by atoms with Gasteiger partial charge in [0.15, 0.2) is 5.82 Å². The molecule has 1 aliphatic rings. The monoisotopic (exact) mass is 447 g/mol. The van der Waals surface area contributed by atoms with Crippen molar-refractivity contribution in [1.82, 2.24) is 15.0 Å². The molecule has 1 atom stereocenters. The van der Waals surface area contributed by atoms with Crippen LogP contribution in [0.3, 0.4) is 0 Å². The van der Waals surface area contributed by atoms with Gasteiger partial charge < -0.3 is 20.1 Å². The van der Waals surface area contributed by atoms with E-state index in [9.17, 15) is 0 Å². The largest absolute Gasteiger partial charge is 0.497 e. The average Bonchev–Trinajstić information content (AvgIpc) is 3.40. The number of aromatic nitrogens is 3. The molecule has 0 spiro atoms. The number of hydrogen-bond acceptors (Lipinski definition) is 9. The molecule has 0 amide bonds. The van der Waals surface area contributed by atoms with Gasteiger partial charge in [-0.3, -0.25) is 4.98 Å². The highest BCUT2D eigenvalue weighted by atomic mass is 16.5. The van der Waals surface area contributed by atoms with Crippen LogP contribution >= 0.6 is 0 Å². The third-order valence-corrected chi connectivity index (χ3v) is 5.51. The number of nitrogens with zero attached hydrogens (tertiary/aromatic N) is 5. The number of fused-ring (bicyclic) bond motifs is 1. The van der Waals surface area contributed by atoms with Gasteiger partial charge >= 0.3 is 0 Å². The van der Waals surface area contributed by atoms with Crippen LogP contribution in [0.4, 0.5) is 11.8 Å². The molecule has 1 aromatic carbocycles. The summed E-state index contributed by atoms with van der Waals surface area (Å²) in [5, 5.41) is 15.3. The third-order valence-electron chi connectivity index (χ3n) is 5.51. The number of pyridine rings is 1. The maximum Gasteiger partial charge on any atom is 0.225 e. The minimum Gasteiger partial charge on any atom is -0.497 e. The van der Waals surface area contributed by atoms with Crippen molar-refractivity contribution in [2.45, 2.75) is 45.2 Å². The number of benzene rings is 1. The average molecular weight is 448 g/mol. The number of ether oxygens (including phenoxy) is 2. The van der Waals surface area contributed by atoms with Gasteiger partial charge in [0.25, 0.3) is 0 Å². The summed E-state index contributed by atoms with van der Waals surface area (Å²) in [5.41, 5.74) is 3.48. The van der Waals surface area contributed by atoms with Gasteiger partial charge in [-0.15, -0.1) is 0 Å². The van der Waals surface area contributed by atoms with Gasteiger partial charge in [0.1, 0.15) is 17.0 Å². The van der Waals surface area contributed by atoms with Gasteiger partial charge in [-0.25, -0.2) is 4.98 Å². The first-order valence-corrected chi connectivity index (χ1v) is 11.1. The highest BCUT2D eigenvalue weighted by molar-refractivity contribution is 6.03. The van der Waals surface area contributed by atoms with E-state index in [1.54, 1.807) is 20.4 Å². The standard InChI is InChI=1S/C24H29N7O2/c1-4-5-7-18(19-11-13-27-31-19)28-23-22-20(8-6-12-25-22)29-24(30-23)26-15-16-9-10-17(32-2)14-21(16)33-3/h6,8-10,12-14,18H,4-5,7,11,15H2,1-3H3,(H2,26,28,29,30)/t18-/m1/s1. The van der Waals surface area contributed by atoms with Crippen molar-refractivity contribution in [3.05, 3.63) is 42.1 Å². The van der Waals surface area contributed by atoms with Crippen molar-refractivity contribution < 1.29 is 9.47 Å². The van der Waals surface area contributed by atoms with E-state index in [0.29, 0.717) is 18.3 Å². The maximum atomic E-state index is 5.51. The van der Waals surface area contributed by atoms with Crippen LogP contribution in [0, 0.1) is 0 Å². The molecule has 0 radical (unpaired) electrons. The van der Waals surface area contributed by atoms with E-state index in [4.69, 9.17) is 14.5 Å². The second-order valence-electron chi connectivity index (χ2n) is 7.73. The van der Waals surface area contributed by atoms with Crippen molar-refractivity contribution in [2.75, 3.05) is 24.9 Å². The summed E-state index contributed by atoms with van der Waals surface area (Å²) in [7, 11) is 3.28. The van der Waals surface area contributed by atoms with Gasteiger partial charge in [0, 0.05) is 37.0 Å². The number of methoxy groups -OCH3 is 2. The second kappa shape index (κ2) is 10.7. The Hall–Kier alpha value is -3.75. The van der Waals surface area contributed by atoms with Gasteiger partial charge in [-0.2, -0.15) is 15.2 Å².